The van der Waals surface area contributed by atoms with E-state index >= 15 is 0 Å². The van der Waals surface area contributed by atoms with E-state index in [1.54, 1.807) is 77.7 Å². The smallest absolute Gasteiger partial charge is 0.341 e. The molecule has 0 saturated carbocycles. The van der Waals surface area contributed by atoms with Crippen molar-refractivity contribution >= 4 is 40.7 Å². The number of nitrogens with one attached hydrogen (secondary N) is 2. The molecular formula is C42H41N3O11. The molecule has 6 rings (SSSR count). The van der Waals surface area contributed by atoms with Crippen LogP contribution < -0.4 is 20.8 Å². The molecule has 14 nitrogen and oxygen atoms in total. The summed E-state index contributed by atoms with van der Waals surface area (Å²) in [5.74, 6) is -1.31. The molecule has 1 saturated heterocycles. The average molecular weight is 764 g/mol. The molecule has 2 aliphatic heterocycles. The number of fused-ring (bicyclic) bond motifs is 2. The first-order valence-electron chi connectivity index (χ1n) is 18.1. The van der Waals surface area contributed by atoms with E-state index in [1.165, 1.54) is 18.2 Å². The van der Waals surface area contributed by atoms with Gasteiger partial charge in [0, 0.05) is 59.9 Å². The van der Waals surface area contributed by atoms with Crippen LogP contribution in [0, 0.1) is 0 Å². The van der Waals surface area contributed by atoms with Gasteiger partial charge >= 0.3 is 5.97 Å². The van der Waals surface area contributed by atoms with Crippen LogP contribution >= 0.6 is 0 Å². The van der Waals surface area contributed by atoms with Gasteiger partial charge in [0.25, 0.3) is 5.91 Å². The molecule has 1 fully saturated rings. The van der Waals surface area contributed by atoms with E-state index in [2.05, 4.69) is 10.6 Å². The third kappa shape index (κ3) is 9.96. The number of benzene rings is 4. The highest BCUT2D eigenvalue weighted by Crippen LogP contribution is 2.42. The Hall–Kier alpha value is -6.51. The van der Waals surface area contributed by atoms with Gasteiger partial charge in [0.05, 0.1) is 26.4 Å². The fourth-order valence-electron chi connectivity index (χ4n) is 6.45. The largest absolute Gasteiger partial charge is 0.508 e. The molecule has 3 amide bonds. The van der Waals surface area contributed by atoms with Crippen LogP contribution in [0.1, 0.15) is 28.8 Å². The second-order valence-corrected chi connectivity index (χ2v) is 12.9. The Balaban J connectivity index is 1.02. The van der Waals surface area contributed by atoms with Crippen molar-refractivity contribution in [2.45, 2.75) is 18.9 Å². The quantitative estimate of drug-likeness (QED) is 0.0599. The van der Waals surface area contributed by atoms with Gasteiger partial charge in [0.2, 0.25) is 11.8 Å². The Kier molecular flexibility index (Phi) is 13.1. The summed E-state index contributed by atoms with van der Waals surface area (Å²) < 4.78 is 22.5. The molecule has 14 heteroatoms. The third-order valence-electron chi connectivity index (χ3n) is 9.05. The highest BCUT2D eigenvalue weighted by Gasteiger charge is 2.35. The standard InChI is InChI=1S/C42H41N3O11/c46-28-10-7-27(8-11-28)9-16-38(48)43-17-20-53-22-23-54-21-18-44-41(51)35-6-3-19-45(35)42(52)32-5-2-1-4-31(32)40-33-14-12-29(47)24-36(33)56-37-25-30(13-15-34(37)40)55-26-39(49)50/h1-2,4-5,7-16,24-25,35,46H,3,6,17-23,26H2,(H,43,48)(H,44,51)(H,49,50)/b16-9+. The van der Waals surface area contributed by atoms with Crippen LogP contribution in [0.5, 0.6) is 11.5 Å². The van der Waals surface area contributed by atoms with Crippen LogP contribution in [0.3, 0.4) is 0 Å². The summed E-state index contributed by atoms with van der Waals surface area (Å²) in [5.41, 5.74) is 3.03. The molecule has 3 aliphatic rings. The minimum absolute atomic E-state index is 0.154. The summed E-state index contributed by atoms with van der Waals surface area (Å²) in [7, 11) is 0. The van der Waals surface area contributed by atoms with Crippen molar-refractivity contribution in [3.8, 4) is 33.9 Å². The minimum atomic E-state index is -1.14. The number of phenols is 1. The number of hydrogen-bond acceptors (Lipinski definition) is 10. The molecule has 1 unspecified atom stereocenters. The lowest BCUT2D eigenvalue weighted by atomic mass is 9.90. The van der Waals surface area contributed by atoms with Crippen LogP contribution in [0.2, 0.25) is 0 Å². The van der Waals surface area contributed by atoms with Crippen molar-refractivity contribution in [3.63, 3.8) is 0 Å². The van der Waals surface area contributed by atoms with Crippen molar-refractivity contribution in [2.24, 2.45) is 0 Å². The van der Waals surface area contributed by atoms with Gasteiger partial charge in [-0.25, -0.2) is 4.79 Å². The van der Waals surface area contributed by atoms with Gasteiger partial charge in [0.15, 0.2) is 12.0 Å². The van der Waals surface area contributed by atoms with Gasteiger partial charge in [-0.2, -0.15) is 0 Å². The molecular weight excluding hydrogens is 722 g/mol. The Morgan fingerprint density at radius 1 is 0.857 bits per heavy atom. The Morgan fingerprint density at radius 3 is 2.38 bits per heavy atom. The maximum atomic E-state index is 14.3. The Labute approximate surface area is 321 Å². The number of rotatable bonds is 17. The molecule has 3 aromatic carbocycles. The van der Waals surface area contributed by atoms with Crippen LogP contribution in [0.15, 0.2) is 100 Å². The molecule has 4 N–H and O–H groups in total. The van der Waals surface area contributed by atoms with E-state index in [0.29, 0.717) is 79.0 Å². The normalized spacial score (nSPS) is 14.0. The molecule has 0 radical (unpaired) electrons. The molecule has 1 atom stereocenters. The van der Waals surface area contributed by atoms with E-state index < -0.39 is 18.6 Å². The highest BCUT2D eigenvalue weighted by molar-refractivity contribution is 6.10. The monoisotopic (exact) mass is 763 g/mol. The molecule has 0 aromatic heterocycles. The van der Waals surface area contributed by atoms with Crippen molar-refractivity contribution in [3.05, 3.63) is 112 Å². The number of phenolic OH excluding ortho intramolecular Hbond substituents is 1. The lowest BCUT2D eigenvalue weighted by molar-refractivity contribution is -0.139. The van der Waals surface area contributed by atoms with Gasteiger partial charge in [-0.15, -0.1) is 0 Å². The number of carbonyl (C=O) groups is 4. The summed E-state index contributed by atoms with van der Waals surface area (Å²) in [5, 5.41) is 24.6. The van der Waals surface area contributed by atoms with Crippen LogP contribution in [-0.4, -0.2) is 97.5 Å². The second kappa shape index (κ2) is 18.7. The lowest BCUT2D eigenvalue weighted by Crippen LogP contribution is -2.46. The molecule has 290 valence electrons. The van der Waals surface area contributed by atoms with Gasteiger partial charge in [0.1, 0.15) is 28.9 Å². The number of hydrogen-bond donors (Lipinski definition) is 4. The molecule has 1 aliphatic carbocycles. The first kappa shape index (κ1) is 39.2. The molecule has 2 heterocycles. The number of nitrogens with zero attached hydrogens (tertiary/aromatic N) is 1. The summed E-state index contributed by atoms with van der Waals surface area (Å²) >= 11 is 0. The molecule has 0 bridgehead atoms. The molecule has 3 aromatic rings. The first-order chi connectivity index (χ1) is 27.2. The lowest BCUT2D eigenvalue weighted by Gasteiger charge is -2.26. The number of carbonyl (C=O) groups excluding carboxylic acids is 3. The first-order valence-corrected chi connectivity index (χ1v) is 18.1. The van der Waals surface area contributed by atoms with Crippen LogP contribution in [-0.2, 0) is 23.9 Å². The molecule has 0 spiro atoms. The maximum absolute atomic E-state index is 14.3. The minimum Gasteiger partial charge on any atom is -0.508 e. The number of aliphatic carboxylic acids is 1. The Bertz CT molecular complexity index is 2250. The van der Waals surface area contributed by atoms with E-state index in [1.807, 2.05) is 6.07 Å². The average Bonchev–Trinajstić information content (AvgIpc) is 3.69. The number of carboxylic acid groups (broad SMARTS) is 1. The highest BCUT2D eigenvalue weighted by atomic mass is 16.5. The van der Waals surface area contributed by atoms with Crippen LogP contribution in [0.4, 0.5) is 0 Å². The number of ether oxygens (including phenoxy) is 3. The predicted octanol–water partition coefficient (Wildman–Crippen LogP) is 4.32. The van der Waals surface area contributed by atoms with E-state index in [0.717, 1.165) is 5.56 Å². The Morgan fingerprint density at radius 2 is 1.61 bits per heavy atom. The zero-order valence-electron chi connectivity index (χ0n) is 30.4. The van der Waals surface area contributed by atoms with Crippen molar-refractivity contribution in [1.82, 2.24) is 15.5 Å². The summed E-state index contributed by atoms with van der Waals surface area (Å²) in [6, 6.07) is 22.2. The van der Waals surface area contributed by atoms with Crippen molar-refractivity contribution in [2.75, 3.05) is 52.7 Å². The van der Waals surface area contributed by atoms with Gasteiger partial charge in [-0.1, -0.05) is 30.3 Å². The number of carboxylic acids is 1. The molecule has 56 heavy (non-hydrogen) atoms. The summed E-state index contributed by atoms with van der Waals surface area (Å²) in [4.78, 5) is 64.6. The van der Waals surface area contributed by atoms with E-state index in [-0.39, 0.29) is 53.6 Å². The summed E-state index contributed by atoms with van der Waals surface area (Å²) in [6.07, 6.45) is 4.19. The van der Waals surface area contributed by atoms with Gasteiger partial charge in [-0.05, 0) is 72.5 Å². The van der Waals surface area contributed by atoms with Crippen molar-refractivity contribution in [1.29, 1.82) is 0 Å². The topological polar surface area (TPSA) is 194 Å². The fourth-order valence-corrected chi connectivity index (χ4v) is 6.45. The number of aromatic hydroxyl groups is 1. The zero-order valence-corrected chi connectivity index (χ0v) is 30.4. The second-order valence-electron chi connectivity index (χ2n) is 12.9. The van der Waals surface area contributed by atoms with E-state index in [9.17, 15) is 29.1 Å². The van der Waals surface area contributed by atoms with Crippen molar-refractivity contribution < 1.29 is 48.0 Å². The van der Waals surface area contributed by atoms with E-state index in [4.69, 9.17) is 23.7 Å². The van der Waals surface area contributed by atoms with Gasteiger partial charge in [-0.3, -0.25) is 19.2 Å². The number of likely N-dealkylation sites (tertiary alicyclic amines) is 1. The zero-order chi connectivity index (χ0) is 39.4. The number of amides is 3. The van der Waals surface area contributed by atoms with Gasteiger partial charge < -0.3 is 44.4 Å². The fraction of sp³-hybridized carbons (Fsp3) is 0.262. The SMILES string of the molecule is O=C(O)COc1ccc2c(-c3ccccc3C(=O)N3CCCC3C(=O)NCCOCCOCCNC(=O)/C=C/c3ccc(O)cc3)c3ccc(=O)cc-3oc2c1. The predicted molar refractivity (Wildman–Crippen MR) is 207 cm³/mol. The maximum Gasteiger partial charge on any atom is 0.341 e. The summed E-state index contributed by atoms with van der Waals surface area (Å²) in [6.45, 7) is 1.53. The third-order valence-corrected chi connectivity index (χ3v) is 9.05. The van der Waals surface area contributed by atoms with Crippen LogP contribution in [0.25, 0.3) is 39.5 Å².